The number of phenols is 1. The van der Waals surface area contributed by atoms with E-state index in [1.54, 1.807) is 24.5 Å². The lowest BCUT2D eigenvalue weighted by atomic mass is 9.91. The van der Waals surface area contributed by atoms with E-state index in [4.69, 9.17) is 19.7 Å². The van der Waals surface area contributed by atoms with Gasteiger partial charge in [0, 0.05) is 94.3 Å². The summed E-state index contributed by atoms with van der Waals surface area (Å²) in [6, 6.07) is 21.8. The smallest absolute Gasteiger partial charge is 0.243 e. The molecule has 1 saturated carbocycles. The van der Waals surface area contributed by atoms with E-state index in [9.17, 15) is 19.8 Å². The summed E-state index contributed by atoms with van der Waals surface area (Å²) in [5, 5.41) is 37.0. The van der Waals surface area contributed by atoms with Gasteiger partial charge in [0.2, 0.25) is 17.7 Å². The van der Waals surface area contributed by atoms with E-state index in [0.717, 1.165) is 117 Å². The number of nitrogens with one attached hydrogen (secondary N) is 1. The number of benzene rings is 2. The number of allylic oxidation sites excluding steroid dienone is 2. The number of nitrogens with two attached hydrogens (primary N) is 1. The van der Waals surface area contributed by atoms with Gasteiger partial charge in [-0.2, -0.15) is 0 Å². The molecule has 17 heteroatoms. The van der Waals surface area contributed by atoms with Gasteiger partial charge in [-0.25, -0.2) is 4.98 Å². The lowest BCUT2D eigenvalue weighted by Gasteiger charge is -2.41. The largest absolute Gasteiger partial charge is 0.507 e. The Morgan fingerprint density at radius 3 is 2.38 bits per heavy atom. The van der Waals surface area contributed by atoms with Crippen molar-refractivity contribution in [1.82, 2.24) is 35.5 Å². The van der Waals surface area contributed by atoms with Gasteiger partial charge in [0.05, 0.1) is 30.0 Å². The molecule has 404 valence electrons. The number of aryl methyl sites for hydroxylation is 2. The molecule has 0 bridgehead atoms. The number of aliphatic hydroxyl groups excluding tert-OH is 1. The number of aromatic nitrogens is 4. The summed E-state index contributed by atoms with van der Waals surface area (Å²) in [5.74, 6) is 1.62. The fourth-order valence-corrected chi connectivity index (χ4v) is 11.2. The number of hydrogen-bond acceptors (Lipinski definition) is 15. The SMILES string of the molecule is C/C=N\C(C)=C(/C)c1ccc([C@H](C)NC(=O)[C@@H]2C[C@@H](O)CN2C(=O)[C@@H](c2cc(N3CCC(CN4CCC(O[C@H]5C[C@H](Oc6cc(CCc7cc(-c8ccccc8O)nnc7N)ccn6)C5)CC4)CC3)no2)C(C)C)cc1. The molecule has 3 saturated heterocycles. The number of likely N-dealkylation sites (tertiary alicyclic amines) is 2. The Bertz CT molecular complexity index is 2830. The number of hydrogen-bond donors (Lipinski definition) is 4. The Labute approximate surface area is 447 Å². The normalized spacial score (nSPS) is 21.9. The highest BCUT2D eigenvalue weighted by Gasteiger charge is 2.44. The summed E-state index contributed by atoms with van der Waals surface area (Å²) < 4.78 is 18.8. The number of anilines is 2. The van der Waals surface area contributed by atoms with E-state index in [-0.39, 0.29) is 60.8 Å². The Hall–Kier alpha value is -6.69. The molecular weight excluding hydrogens is 961 g/mol. The molecule has 17 nitrogen and oxygen atoms in total. The van der Waals surface area contributed by atoms with Crippen LogP contribution in [0.4, 0.5) is 11.6 Å². The van der Waals surface area contributed by atoms with Gasteiger partial charge in [0.1, 0.15) is 29.6 Å². The molecule has 2 amide bonds. The van der Waals surface area contributed by atoms with E-state index >= 15 is 0 Å². The molecule has 6 heterocycles. The molecule has 0 radical (unpaired) electrons. The van der Waals surface area contributed by atoms with Crippen LogP contribution in [0.2, 0.25) is 0 Å². The summed E-state index contributed by atoms with van der Waals surface area (Å²) in [5.41, 5.74) is 13.4. The molecule has 9 rings (SSSR count). The van der Waals surface area contributed by atoms with Crippen LogP contribution in [-0.4, -0.2) is 128 Å². The van der Waals surface area contributed by atoms with Crippen molar-refractivity contribution in [3.63, 3.8) is 0 Å². The van der Waals surface area contributed by atoms with Crippen LogP contribution in [0.15, 0.2) is 94.2 Å². The van der Waals surface area contributed by atoms with Crippen LogP contribution in [0.25, 0.3) is 16.8 Å². The van der Waals surface area contributed by atoms with Crippen molar-refractivity contribution in [3.8, 4) is 22.9 Å². The number of rotatable bonds is 19. The zero-order valence-electron chi connectivity index (χ0n) is 45.0. The number of carbonyl (C=O) groups is 2. The van der Waals surface area contributed by atoms with Crippen LogP contribution in [0.5, 0.6) is 11.6 Å². The van der Waals surface area contributed by atoms with E-state index < -0.39 is 18.1 Å². The Morgan fingerprint density at radius 1 is 0.908 bits per heavy atom. The maximum Gasteiger partial charge on any atom is 0.243 e. The average molecular weight is 1040 g/mol. The standard InChI is InChI=1S/C59H76N10O7/c1-7-61-38(5)37(4)42-14-16-43(17-15-42)39(6)63-58(72)51-30-45(70)35-69(51)59(73)56(36(2)3)53-33-54(66-76-53)68-26-19-41(20-27-68)34-67-24-21-46(22-25-67)74-47-31-48(32-47)75-55-28-40(18-23-62-55)12-13-44-29-50(64-65-57(44)60)49-10-8-9-11-52(49)71/h7-11,14-18,23,28-29,33,36,39,41,45-48,51,56,70-71H,12-13,19-22,24-27,30-32,34-35H2,1-6H3,(H2,60,65)(H,63,72)/b38-37+,61-7-/t39-,45+,47-,48-,51-,56+/m0/s1. The minimum atomic E-state index is -0.806. The summed E-state index contributed by atoms with van der Waals surface area (Å²) in [6.45, 7) is 16.7. The second-order valence-corrected chi connectivity index (χ2v) is 21.7. The summed E-state index contributed by atoms with van der Waals surface area (Å²) in [4.78, 5) is 43.5. The van der Waals surface area contributed by atoms with Gasteiger partial charge in [-0.1, -0.05) is 55.4 Å². The maximum atomic E-state index is 14.4. The van der Waals surface area contributed by atoms with E-state index in [1.807, 2.05) is 102 Å². The van der Waals surface area contributed by atoms with Gasteiger partial charge in [0.25, 0.3) is 0 Å². The fourth-order valence-electron chi connectivity index (χ4n) is 11.2. The lowest BCUT2D eigenvalue weighted by molar-refractivity contribution is -0.141. The summed E-state index contributed by atoms with van der Waals surface area (Å²) >= 11 is 0. The van der Waals surface area contributed by atoms with Gasteiger partial charge >= 0.3 is 0 Å². The zero-order chi connectivity index (χ0) is 53.5. The highest BCUT2D eigenvalue weighted by atomic mass is 16.5. The molecule has 5 aromatic rings. The van der Waals surface area contributed by atoms with Crippen molar-refractivity contribution < 1.29 is 33.8 Å². The third-order valence-electron chi connectivity index (χ3n) is 16.0. The second kappa shape index (κ2) is 24.5. The van der Waals surface area contributed by atoms with Gasteiger partial charge in [0.15, 0.2) is 11.6 Å². The van der Waals surface area contributed by atoms with E-state index in [1.165, 1.54) is 4.90 Å². The third-order valence-corrected chi connectivity index (χ3v) is 16.0. The van der Waals surface area contributed by atoms with Crippen LogP contribution in [0, 0.1) is 11.8 Å². The second-order valence-electron chi connectivity index (χ2n) is 21.7. The van der Waals surface area contributed by atoms with Gasteiger partial charge in [-0.05, 0) is 130 Å². The van der Waals surface area contributed by atoms with E-state index in [0.29, 0.717) is 41.1 Å². The highest BCUT2D eigenvalue weighted by Crippen LogP contribution is 2.36. The Balaban J connectivity index is 0.684. The van der Waals surface area contributed by atoms with Gasteiger partial charge in [-0.3, -0.25) is 14.6 Å². The van der Waals surface area contributed by atoms with Crippen molar-refractivity contribution in [2.75, 3.05) is 49.9 Å². The van der Waals surface area contributed by atoms with Crippen molar-refractivity contribution >= 4 is 35.2 Å². The predicted molar refractivity (Wildman–Crippen MR) is 294 cm³/mol. The van der Waals surface area contributed by atoms with Crippen LogP contribution < -0.4 is 20.7 Å². The number of carbonyl (C=O) groups excluding carboxylic acids is 2. The topological polar surface area (TPSA) is 218 Å². The number of phenolic OH excluding ortho intramolecular Hbond substituents is 1. The average Bonchev–Trinajstić information content (AvgIpc) is 4.07. The van der Waals surface area contributed by atoms with Crippen molar-refractivity contribution in [2.45, 2.75) is 142 Å². The van der Waals surface area contributed by atoms with Crippen molar-refractivity contribution in [2.24, 2.45) is 16.8 Å². The summed E-state index contributed by atoms with van der Waals surface area (Å²) in [7, 11) is 0. The van der Waals surface area contributed by atoms with Crippen molar-refractivity contribution in [1.29, 1.82) is 0 Å². The summed E-state index contributed by atoms with van der Waals surface area (Å²) in [6.07, 6.45) is 10.7. The molecule has 0 spiro atoms. The minimum Gasteiger partial charge on any atom is -0.507 e. The first-order valence-electron chi connectivity index (χ1n) is 27.4. The van der Waals surface area contributed by atoms with Crippen LogP contribution in [-0.2, 0) is 27.2 Å². The monoisotopic (exact) mass is 1040 g/mol. The first-order chi connectivity index (χ1) is 36.7. The Morgan fingerprint density at radius 2 is 1.66 bits per heavy atom. The number of ether oxygens (including phenoxy) is 2. The number of nitrogens with zero attached hydrogens (tertiary/aromatic N) is 8. The molecule has 2 aromatic carbocycles. The lowest BCUT2D eigenvalue weighted by Crippen LogP contribution is -2.48. The first-order valence-corrected chi connectivity index (χ1v) is 27.4. The number of pyridine rings is 1. The van der Waals surface area contributed by atoms with E-state index in [2.05, 4.69) is 40.4 Å². The van der Waals surface area contributed by atoms with Gasteiger partial charge in [-0.15, -0.1) is 10.2 Å². The molecule has 4 atom stereocenters. The number of aliphatic imine (C=N–C) groups is 1. The molecule has 3 aliphatic heterocycles. The number of aliphatic hydroxyl groups is 1. The number of aromatic hydroxyl groups is 1. The number of β-amino-alcohol motifs (C(OH)–C–C–N with tert-alkyl or cyclic N) is 1. The first kappa shape index (κ1) is 54.1. The zero-order valence-corrected chi connectivity index (χ0v) is 45.0. The maximum absolute atomic E-state index is 14.4. The molecule has 0 unspecified atom stereocenters. The molecule has 3 aromatic heterocycles. The molecule has 1 aliphatic carbocycles. The fraction of sp³-hybridized carbons (Fsp3) is 0.508. The Kier molecular flexibility index (Phi) is 17.5. The van der Waals surface area contributed by atoms with Crippen molar-refractivity contribution in [3.05, 3.63) is 113 Å². The number of para-hydroxylation sites is 1. The number of piperidine rings is 2. The molecule has 4 aliphatic rings. The quantitative estimate of drug-likeness (QED) is 0.0572. The number of amides is 2. The van der Waals surface area contributed by atoms with Crippen LogP contribution in [0.1, 0.15) is 126 Å². The van der Waals surface area contributed by atoms with Crippen LogP contribution >= 0.6 is 0 Å². The molecule has 76 heavy (non-hydrogen) atoms. The predicted octanol–water partition coefficient (Wildman–Crippen LogP) is 8.33. The highest BCUT2D eigenvalue weighted by molar-refractivity contribution is 5.91. The molecular formula is C59H76N10O7. The molecule has 4 fully saturated rings. The minimum absolute atomic E-state index is 0.0781. The van der Waals surface area contributed by atoms with Crippen LogP contribution in [0.3, 0.4) is 0 Å². The van der Waals surface area contributed by atoms with Gasteiger partial charge < -0.3 is 50.0 Å². The molecule has 5 N–H and O–H groups in total. The third kappa shape index (κ3) is 13.1. The number of nitrogen functional groups attached to an aromatic ring is 1.